The summed E-state index contributed by atoms with van der Waals surface area (Å²) in [7, 11) is 0. The number of carbonyl (C=O) groups is 1. The van der Waals surface area contributed by atoms with Crippen LogP contribution in [0.2, 0.25) is 0 Å². The molecular weight excluding hydrogens is 168 g/mol. The number of carbonyl (C=O) groups excluding carboxylic acids is 1. The van der Waals surface area contributed by atoms with Crippen LogP contribution < -0.4 is 0 Å². The van der Waals surface area contributed by atoms with Crippen molar-refractivity contribution in [3.05, 3.63) is 36.2 Å². The van der Waals surface area contributed by atoms with E-state index in [9.17, 15) is 4.79 Å². The first-order valence-electron chi connectivity index (χ1n) is 3.69. The average molecular weight is 174 g/mol. The summed E-state index contributed by atoms with van der Waals surface area (Å²) in [5, 5.41) is 10.7. The van der Waals surface area contributed by atoms with Gasteiger partial charge in [0.1, 0.15) is 6.33 Å². The highest BCUT2D eigenvalue weighted by atomic mass is 16.1. The number of para-hydroxylation sites is 1. The Morgan fingerprint density at radius 1 is 1.31 bits per heavy atom. The normalized spacial score (nSPS) is 9.85. The molecule has 0 aliphatic carbocycles. The van der Waals surface area contributed by atoms with Gasteiger partial charge >= 0.3 is 0 Å². The minimum atomic E-state index is 0.565. The molecule has 13 heavy (non-hydrogen) atoms. The summed E-state index contributed by atoms with van der Waals surface area (Å²) in [6, 6.07) is 7.10. The Kier molecular flexibility index (Phi) is 1.84. The highest BCUT2D eigenvalue weighted by molar-refractivity contribution is 5.80. The van der Waals surface area contributed by atoms with E-state index in [2.05, 4.69) is 15.5 Å². The van der Waals surface area contributed by atoms with Gasteiger partial charge in [0, 0.05) is 5.56 Å². The van der Waals surface area contributed by atoms with E-state index in [1.807, 2.05) is 6.07 Å². The molecule has 64 valence electrons. The van der Waals surface area contributed by atoms with Crippen LogP contribution in [0.15, 0.2) is 30.6 Å². The summed E-state index contributed by atoms with van der Waals surface area (Å²) in [6.45, 7) is 0. The van der Waals surface area contributed by atoms with Crippen LogP contribution in [0.5, 0.6) is 0 Å². The molecule has 0 fully saturated rings. The summed E-state index contributed by atoms with van der Waals surface area (Å²) in [4.78, 5) is 10.6. The molecule has 2 rings (SSSR count). The van der Waals surface area contributed by atoms with Gasteiger partial charge in [-0.15, -0.1) is 5.10 Å². The van der Waals surface area contributed by atoms with Gasteiger partial charge in [0.25, 0.3) is 0 Å². The quantitative estimate of drug-likeness (QED) is 0.621. The first-order valence-corrected chi connectivity index (χ1v) is 3.69. The van der Waals surface area contributed by atoms with E-state index in [1.54, 1.807) is 18.2 Å². The lowest BCUT2D eigenvalue weighted by Crippen LogP contribution is -1.99. The molecule has 0 atom stereocenters. The Hall–Kier alpha value is -2.04. The van der Waals surface area contributed by atoms with Crippen molar-refractivity contribution in [3.8, 4) is 5.69 Å². The van der Waals surface area contributed by atoms with Gasteiger partial charge in [-0.25, -0.2) is 0 Å². The Bertz CT molecular complexity index is 410. The Morgan fingerprint density at radius 3 is 2.85 bits per heavy atom. The second-order valence-electron chi connectivity index (χ2n) is 2.43. The summed E-state index contributed by atoms with van der Waals surface area (Å²) in [5.74, 6) is 0. The van der Waals surface area contributed by atoms with Gasteiger partial charge in [-0.1, -0.05) is 12.1 Å². The van der Waals surface area contributed by atoms with Gasteiger partial charge in [-0.2, -0.15) is 4.68 Å². The summed E-state index contributed by atoms with van der Waals surface area (Å²) < 4.78 is 1.45. The predicted octanol–water partition coefficient (Wildman–Crippen LogP) is 0.475. The fraction of sp³-hybridized carbons (Fsp3) is 0. The van der Waals surface area contributed by atoms with Crippen LogP contribution in [0.1, 0.15) is 10.4 Å². The number of aromatic nitrogens is 4. The smallest absolute Gasteiger partial charge is 0.152 e. The highest BCUT2D eigenvalue weighted by Crippen LogP contribution is 2.09. The maximum absolute atomic E-state index is 10.6. The average Bonchev–Trinajstić information content (AvgIpc) is 2.70. The van der Waals surface area contributed by atoms with Crippen molar-refractivity contribution in [2.45, 2.75) is 0 Å². The number of hydrogen-bond acceptors (Lipinski definition) is 4. The molecule has 1 aromatic carbocycles. The SMILES string of the molecule is O=Cc1ccccc1-n1cnnn1. The van der Waals surface area contributed by atoms with E-state index in [4.69, 9.17) is 0 Å². The van der Waals surface area contributed by atoms with E-state index in [0.717, 1.165) is 6.29 Å². The number of rotatable bonds is 2. The molecular formula is C8H6N4O. The van der Waals surface area contributed by atoms with Crippen molar-refractivity contribution in [2.75, 3.05) is 0 Å². The predicted molar refractivity (Wildman–Crippen MR) is 44.5 cm³/mol. The van der Waals surface area contributed by atoms with Crippen molar-refractivity contribution >= 4 is 6.29 Å². The third kappa shape index (κ3) is 1.31. The Labute approximate surface area is 74.0 Å². The van der Waals surface area contributed by atoms with Crippen LogP contribution in [0.3, 0.4) is 0 Å². The maximum atomic E-state index is 10.6. The molecule has 1 aromatic heterocycles. The summed E-state index contributed by atoms with van der Waals surface area (Å²) in [5.41, 5.74) is 1.25. The monoisotopic (exact) mass is 174 g/mol. The van der Waals surface area contributed by atoms with Gasteiger partial charge in [-0.3, -0.25) is 4.79 Å². The zero-order valence-electron chi connectivity index (χ0n) is 6.66. The number of aldehydes is 1. The molecule has 1 heterocycles. The molecule has 2 aromatic rings. The number of hydrogen-bond donors (Lipinski definition) is 0. The van der Waals surface area contributed by atoms with Gasteiger partial charge in [-0.05, 0) is 22.6 Å². The van der Waals surface area contributed by atoms with Crippen LogP contribution in [-0.2, 0) is 0 Å². The molecule has 5 heteroatoms. The zero-order chi connectivity index (χ0) is 9.10. The number of benzene rings is 1. The molecule has 0 bridgehead atoms. The minimum absolute atomic E-state index is 0.565. The molecule has 0 unspecified atom stereocenters. The first-order chi connectivity index (χ1) is 6.42. The molecule has 5 nitrogen and oxygen atoms in total. The number of tetrazole rings is 1. The van der Waals surface area contributed by atoms with Crippen LogP contribution in [0, 0.1) is 0 Å². The minimum Gasteiger partial charge on any atom is -0.298 e. The fourth-order valence-electron chi connectivity index (χ4n) is 1.07. The largest absolute Gasteiger partial charge is 0.298 e. The third-order valence-electron chi connectivity index (χ3n) is 1.66. The van der Waals surface area contributed by atoms with Crippen molar-refractivity contribution in [1.29, 1.82) is 0 Å². The van der Waals surface area contributed by atoms with Gasteiger partial charge in [0.05, 0.1) is 5.69 Å². The molecule has 0 aliphatic rings. The third-order valence-corrected chi connectivity index (χ3v) is 1.66. The van der Waals surface area contributed by atoms with Crippen molar-refractivity contribution < 1.29 is 4.79 Å². The van der Waals surface area contributed by atoms with Crippen molar-refractivity contribution in [1.82, 2.24) is 20.2 Å². The maximum Gasteiger partial charge on any atom is 0.152 e. The lowest BCUT2D eigenvalue weighted by Gasteiger charge is -2.00. The zero-order valence-corrected chi connectivity index (χ0v) is 6.66. The van der Waals surface area contributed by atoms with E-state index >= 15 is 0 Å². The molecule has 0 spiro atoms. The molecule has 0 saturated heterocycles. The van der Waals surface area contributed by atoms with Crippen LogP contribution >= 0.6 is 0 Å². The Morgan fingerprint density at radius 2 is 2.15 bits per heavy atom. The van der Waals surface area contributed by atoms with E-state index in [-0.39, 0.29) is 0 Å². The van der Waals surface area contributed by atoms with Gasteiger partial charge in [0.15, 0.2) is 6.29 Å². The first kappa shape index (κ1) is 7.60. The molecule has 0 radical (unpaired) electrons. The fourth-order valence-corrected chi connectivity index (χ4v) is 1.07. The topological polar surface area (TPSA) is 60.7 Å². The molecule has 0 saturated carbocycles. The lowest BCUT2D eigenvalue weighted by atomic mass is 10.2. The van der Waals surface area contributed by atoms with E-state index in [1.165, 1.54) is 11.0 Å². The Balaban J connectivity index is 2.57. The lowest BCUT2D eigenvalue weighted by molar-refractivity contribution is 0.112. The van der Waals surface area contributed by atoms with E-state index < -0.39 is 0 Å². The van der Waals surface area contributed by atoms with Crippen molar-refractivity contribution in [3.63, 3.8) is 0 Å². The van der Waals surface area contributed by atoms with Crippen molar-refractivity contribution in [2.24, 2.45) is 0 Å². The summed E-state index contributed by atoms with van der Waals surface area (Å²) in [6.07, 6.45) is 2.22. The standard InChI is InChI=1S/C8H6N4O/c13-5-7-3-1-2-4-8(7)12-6-9-10-11-12/h1-6H. The van der Waals surface area contributed by atoms with Gasteiger partial charge < -0.3 is 0 Å². The summed E-state index contributed by atoms with van der Waals surface area (Å²) >= 11 is 0. The van der Waals surface area contributed by atoms with Gasteiger partial charge in [0.2, 0.25) is 0 Å². The second kappa shape index (κ2) is 3.14. The highest BCUT2D eigenvalue weighted by Gasteiger charge is 2.02. The number of nitrogens with zero attached hydrogens (tertiary/aromatic N) is 4. The molecule has 0 amide bonds. The molecule has 0 aliphatic heterocycles. The second-order valence-corrected chi connectivity index (χ2v) is 2.43. The van der Waals surface area contributed by atoms with E-state index in [0.29, 0.717) is 11.3 Å². The van der Waals surface area contributed by atoms with Crippen LogP contribution in [0.25, 0.3) is 5.69 Å². The molecule has 0 N–H and O–H groups in total. The van der Waals surface area contributed by atoms with Crippen LogP contribution in [-0.4, -0.2) is 26.5 Å². The van der Waals surface area contributed by atoms with Crippen LogP contribution in [0.4, 0.5) is 0 Å².